The van der Waals surface area contributed by atoms with E-state index in [0.717, 1.165) is 5.69 Å². The van der Waals surface area contributed by atoms with Gasteiger partial charge in [0, 0.05) is 22.6 Å². The summed E-state index contributed by atoms with van der Waals surface area (Å²) < 4.78 is 40.4. The number of hydrogen-bond donors (Lipinski definition) is 0. The number of ether oxygens (including phenoxy) is 3. The van der Waals surface area contributed by atoms with Crippen molar-refractivity contribution in [3.8, 4) is 17.2 Å². The standard InChI is InChI=1S/C20H18N2O6S2/c1-26-14-5-2-12(3-6-14)19(23)21-20-22(15-9-30(24,25)10-18(15)29-20)13-4-7-16-17(8-13)28-11-27-16/h2-8,15,18H,9-11H2,1H3/t15-,18-/m0/s1. The molecule has 3 aliphatic heterocycles. The van der Waals surface area contributed by atoms with Gasteiger partial charge in [0.15, 0.2) is 26.5 Å². The number of benzene rings is 2. The zero-order valence-electron chi connectivity index (χ0n) is 16.0. The van der Waals surface area contributed by atoms with Gasteiger partial charge in [-0.15, -0.1) is 0 Å². The SMILES string of the molecule is COc1ccc(C(=O)N=C2S[C@H]3CS(=O)(=O)C[C@@H]3N2c2ccc3c(c2)OCO3)cc1. The predicted molar refractivity (Wildman–Crippen MR) is 114 cm³/mol. The number of fused-ring (bicyclic) bond motifs is 2. The minimum Gasteiger partial charge on any atom is -0.497 e. The lowest BCUT2D eigenvalue weighted by Gasteiger charge is -2.24. The number of hydrogen-bond acceptors (Lipinski definition) is 7. The van der Waals surface area contributed by atoms with Gasteiger partial charge in [0.2, 0.25) is 6.79 Å². The van der Waals surface area contributed by atoms with Crippen LogP contribution in [0.1, 0.15) is 10.4 Å². The summed E-state index contributed by atoms with van der Waals surface area (Å²) in [5.74, 6) is 1.56. The minimum absolute atomic E-state index is 0.0227. The Morgan fingerprint density at radius 3 is 2.67 bits per heavy atom. The molecular weight excluding hydrogens is 428 g/mol. The fourth-order valence-corrected chi connectivity index (χ4v) is 7.70. The van der Waals surface area contributed by atoms with Crippen LogP contribution < -0.4 is 19.1 Å². The van der Waals surface area contributed by atoms with Crippen LogP contribution in [0.15, 0.2) is 47.5 Å². The highest BCUT2D eigenvalue weighted by Crippen LogP contribution is 2.44. The average molecular weight is 447 g/mol. The number of rotatable bonds is 3. The molecule has 0 spiro atoms. The fraction of sp³-hybridized carbons (Fsp3) is 0.300. The van der Waals surface area contributed by atoms with E-state index in [2.05, 4.69) is 4.99 Å². The second kappa shape index (κ2) is 7.21. The van der Waals surface area contributed by atoms with Crippen LogP contribution in [0.25, 0.3) is 0 Å². The van der Waals surface area contributed by atoms with Crippen LogP contribution in [0.3, 0.4) is 0 Å². The molecule has 3 aliphatic rings. The van der Waals surface area contributed by atoms with Crippen molar-refractivity contribution in [1.29, 1.82) is 0 Å². The van der Waals surface area contributed by atoms with Gasteiger partial charge in [-0.05, 0) is 36.4 Å². The number of carbonyl (C=O) groups is 1. The van der Waals surface area contributed by atoms with E-state index in [1.165, 1.54) is 11.8 Å². The molecular formula is C20H18N2O6S2. The van der Waals surface area contributed by atoms with E-state index >= 15 is 0 Å². The van der Waals surface area contributed by atoms with Gasteiger partial charge in [0.1, 0.15) is 5.75 Å². The third-order valence-electron chi connectivity index (χ3n) is 5.24. The van der Waals surface area contributed by atoms with Gasteiger partial charge in [0.05, 0.1) is 24.7 Å². The first-order valence-corrected chi connectivity index (χ1v) is 12.0. The monoisotopic (exact) mass is 446 g/mol. The molecule has 2 aromatic rings. The number of aliphatic imine (C=N–C) groups is 1. The normalized spacial score (nSPS) is 24.8. The first-order chi connectivity index (χ1) is 14.4. The molecule has 0 aliphatic carbocycles. The molecule has 0 N–H and O–H groups in total. The maximum Gasteiger partial charge on any atom is 0.279 e. The van der Waals surface area contributed by atoms with Gasteiger partial charge in [0.25, 0.3) is 5.91 Å². The lowest BCUT2D eigenvalue weighted by molar-refractivity contribution is 0.100. The predicted octanol–water partition coefficient (Wildman–Crippen LogP) is 2.34. The van der Waals surface area contributed by atoms with Gasteiger partial charge in [-0.25, -0.2) is 8.42 Å². The van der Waals surface area contributed by atoms with Gasteiger partial charge < -0.3 is 19.1 Å². The van der Waals surface area contributed by atoms with Crippen LogP contribution in [0.2, 0.25) is 0 Å². The summed E-state index contributed by atoms with van der Waals surface area (Å²) >= 11 is 1.33. The Bertz CT molecular complexity index is 1150. The number of sulfone groups is 1. The van der Waals surface area contributed by atoms with E-state index < -0.39 is 15.7 Å². The highest BCUT2D eigenvalue weighted by atomic mass is 32.2. The van der Waals surface area contributed by atoms with E-state index in [4.69, 9.17) is 14.2 Å². The number of amides is 1. The molecule has 2 fully saturated rings. The van der Waals surface area contributed by atoms with Crippen molar-refractivity contribution in [3.05, 3.63) is 48.0 Å². The molecule has 8 nitrogen and oxygen atoms in total. The molecule has 30 heavy (non-hydrogen) atoms. The number of methoxy groups -OCH3 is 1. The summed E-state index contributed by atoms with van der Waals surface area (Å²) in [6.45, 7) is 0.144. The van der Waals surface area contributed by atoms with Crippen LogP contribution in [-0.4, -0.2) is 56.2 Å². The van der Waals surface area contributed by atoms with Crippen LogP contribution in [0.5, 0.6) is 17.2 Å². The van der Waals surface area contributed by atoms with Crippen LogP contribution in [-0.2, 0) is 9.84 Å². The maximum absolute atomic E-state index is 12.8. The smallest absolute Gasteiger partial charge is 0.279 e. The summed E-state index contributed by atoms with van der Waals surface area (Å²) in [4.78, 5) is 19.0. The third kappa shape index (κ3) is 3.39. The summed E-state index contributed by atoms with van der Waals surface area (Å²) in [5.41, 5.74) is 1.15. The molecule has 3 heterocycles. The number of carbonyl (C=O) groups excluding carboxylic acids is 1. The highest BCUT2D eigenvalue weighted by Gasteiger charge is 2.49. The van der Waals surface area contributed by atoms with Crippen molar-refractivity contribution < 1.29 is 27.4 Å². The molecule has 0 radical (unpaired) electrons. The third-order valence-corrected chi connectivity index (χ3v) is 8.44. The zero-order chi connectivity index (χ0) is 20.9. The van der Waals surface area contributed by atoms with Crippen molar-refractivity contribution in [2.24, 2.45) is 4.99 Å². The van der Waals surface area contributed by atoms with Crippen molar-refractivity contribution in [3.63, 3.8) is 0 Å². The summed E-state index contributed by atoms with van der Waals surface area (Å²) in [6.07, 6.45) is 0. The fourth-order valence-electron chi connectivity index (χ4n) is 3.79. The van der Waals surface area contributed by atoms with E-state index in [1.54, 1.807) is 43.5 Å². The van der Waals surface area contributed by atoms with Gasteiger partial charge in [-0.2, -0.15) is 4.99 Å². The largest absolute Gasteiger partial charge is 0.497 e. The van der Waals surface area contributed by atoms with Crippen molar-refractivity contribution >= 4 is 38.4 Å². The Balaban J connectivity index is 1.51. The molecule has 0 unspecified atom stereocenters. The first-order valence-electron chi connectivity index (χ1n) is 9.26. The molecule has 0 aromatic heterocycles. The summed E-state index contributed by atoms with van der Waals surface area (Å²) in [5, 5.41) is 0.308. The molecule has 156 valence electrons. The van der Waals surface area contributed by atoms with Crippen LogP contribution in [0.4, 0.5) is 5.69 Å². The summed E-state index contributed by atoms with van der Waals surface area (Å²) in [7, 11) is -1.58. The molecule has 0 bridgehead atoms. The van der Waals surface area contributed by atoms with Crippen molar-refractivity contribution in [1.82, 2.24) is 0 Å². The van der Waals surface area contributed by atoms with E-state index in [9.17, 15) is 13.2 Å². The maximum atomic E-state index is 12.8. The van der Waals surface area contributed by atoms with E-state index in [1.807, 2.05) is 11.0 Å². The Hall–Kier alpha value is -2.72. The molecule has 5 rings (SSSR count). The second-order valence-electron chi connectivity index (χ2n) is 7.14. The summed E-state index contributed by atoms with van der Waals surface area (Å²) in [6, 6.07) is 11.8. The lowest BCUT2D eigenvalue weighted by Crippen LogP contribution is -2.37. The Labute approximate surface area is 177 Å². The second-order valence-corrected chi connectivity index (χ2v) is 10.5. The molecule has 2 atom stereocenters. The highest BCUT2D eigenvalue weighted by molar-refractivity contribution is 8.16. The molecule has 10 heteroatoms. The van der Waals surface area contributed by atoms with Gasteiger partial charge in [-0.3, -0.25) is 4.79 Å². The molecule has 2 saturated heterocycles. The van der Waals surface area contributed by atoms with Crippen molar-refractivity contribution in [2.45, 2.75) is 11.3 Å². The average Bonchev–Trinajstić information content (AvgIpc) is 3.39. The topological polar surface area (TPSA) is 94.5 Å². The number of thioether (sulfide) groups is 1. The van der Waals surface area contributed by atoms with Crippen LogP contribution in [0, 0.1) is 0 Å². The Kier molecular flexibility index (Phi) is 4.62. The lowest BCUT2D eigenvalue weighted by atomic mass is 10.2. The number of amidine groups is 1. The minimum atomic E-state index is -3.14. The quantitative estimate of drug-likeness (QED) is 0.709. The first kappa shape index (κ1) is 19.3. The number of nitrogens with zero attached hydrogens (tertiary/aromatic N) is 2. The molecule has 2 aromatic carbocycles. The molecule has 1 amide bonds. The number of anilines is 1. The van der Waals surface area contributed by atoms with Gasteiger partial charge in [-0.1, -0.05) is 11.8 Å². The van der Waals surface area contributed by atoms with E-state index in [0.29, 0.717) is 28.0 Å². The van der Waals surface area contributed by atoms with Crippen molar-refractivity contribution in [2.75, 3.05) is 30.3 Å². The Morgan fingerprint density at radius 1 is 1.13 bits per heavy atom. The Morgan fingerprint density at radius 2 is 1.90 bits per heavy atom. The van der Waals surface area contributed by atoms with E-state index in [-0.39, 0.29) is 29.6 Å². The van der Waals surface area contributed by atoms with Gasteiger partial charge >= 0.3 is 0 Å². The molecule has 0 saturated carbocycles. The zero-order valence-corrected chi connectivity index (χ0v) is 17.6. The van der Waals surface area contributed by atoms with Crippen LogP contribution >= 0.6 is 11.8 Å².